The minimum Gasteiger partial charge on any atom is -1.00 e. The molecule has 0 aliphatic carbocycles. The van der Waals surface area contributed by atoms with Crippen molar-refractivity contribution in [3.05, 3.63) is 35.9 Å². The number of benzene rings is 1. The molecule has 2 unspecified atom stereocenters. The predicted molar refractivity (Wildman–Crippen MR) is 82.9 cm³/mol. The Balaban J connectivity index is 0.00000176. The average Bonchev–Trinajstić information content (AvgIpc) is 2.67. The number of piperidine rings is 1. The van der Waals surface area contributed by atoms with Gasteiger partial charge in [0.25, 0.3) is 0 Å². The first kappa shape index (κ1) is 17.7. The van der Waals surface area contributed by atoms with E-state index in [1.54, 1.807) is 0 Å². The quantitative estimate of drug-likeness (QED) is 0.398. The second-order valence-electron chi connectivity index (χ2n) is 7.18. The van der Waals surface area contributed by atoms with Crippen molar-refractivity contribution in [3.63, 3.8) is 0 Å². The van der Waals surface area contributed by atoms with E-state index in [4.69, 9.17) is 4.74 Å². The Morgan fingerprint density at radius 2 is 1.68 bits per heavy atom. The summed E-state index contributed by atoms with van der Waals surface area (Å²) in [4.78, 5) is 12.4. The summed E-state index contributed by atoms with van der Waals surface area (Å²) in [6.45, 7) is 1.94. The Kier molecular flexibility index (Phi) is 5.54. The molecule has 2 aliphatic rings. The fourth-order valence-corrected chi connectivity index (χ4v) is 4.07. The topological polar surface area (TPSA) is 26.3 Å². The van der Waals surface area contributed by atoms with Gasteiger partial charge < -0.3 is 33.2 Å². The summed E-state index contributed by atoms with van der Waals surface area (Å²) in [6, 6.07) is 11.2. The van der Waals surface area contributed by atoms with Gasteiger partial charge in [0.05, 0.1) is 32.1 Å². The second-order valence-corrected chi connectivity index (χ2v) is 7.18. The van der Waals surface area contributed by atoms with E-state index in [1.807, 2.05) is 37.3 Å². The molecule has 0 N–H and O–H groups in total. The number of hydrogen-bond donors (Lipinski definition) is 0. The SMILES string of the molecule is CC(C(=O)OC1C[C@H]2CC[C@@H](C1)[N+]2(C)C)c1ccccc1.[I-]. The van der Waals surface area contributed by atoms with Crippen LogP contribution in [0.2, 0.25) is 0 Å². The summed E-state index contributed by atoms with van der Waals surface area (Å²) in [5.41, 5.74) is 1.04. The van der Waals surface area contributed by atoms with Crippen LogP contribution in [0.3, 0.4) is 0 Å². The van der Waals surface area contributed by atoms with Gasteiger partial charge in [-0.15, -0.1) is 0 Å². The van der Waals surface area contributed by atoms with Crippen LogP contribution in [0.5, 0.6) is 0 Å². The van der Waals surface area contributed by atoms with Crippen molar-refractivity contribution < 1.29 is 38.0 Å². The predicted octanol–water partition coefficient (Wildman–Crippen LogP) is 0.107. The number of halogens is 1. The third-order valence-electron chi connectivity index (χ3n) is 5.72. The van der Waals surface area contributed by atoms with Crippen molar-refractivity contribution in [3.8, 4) is 0 Å². The number of esters is 1. The lowest BCUT2D eigenvalue weighted by Gasteiger charge is -2.44. The van der Waals surface area contributed by atoms with Crippen molar-refractivity contribution in [2.45, 2.75) is 56.7 Å². The number of quaternary nitrogens is 1. The molecular formula is C18H26INO2. The van der Waals surface area contributed by atoms with Crippen LogP contribution in [0.25, 0.3) is 0 Å². The lowest BCUT2D eigenvalue weighted by Crippen LogP contribution is -3.00. The number of carbonyl (C=O) groups excluding carboxylic acids is 1. The van der Waals surface area contributed by atoms with Crippen LogP contribution < -0.4 is 24.0 Å². The maximum atomic E-state index is 12.4. The number of carbonyl (C=O) groups is 1. The van der Waals surface area contributed by atoms with Gasteiger partial charge in [0.1, 0.15) is 6.10 Å². The first-order chi connectivity index (χ1) is 9.98. The summed E-state index contributed by atoms with van der Waals surface area (Å²) in [6.07, 6.45) is 4.72. The number of hydrogen-bond acceptors (Lipinski definition) is 2. The number of ether oxygens (including phenoxy) is 1. The number of fused-ring (bicyclic) bond motifs is 2. The zero-order valence-corrected chi connectivity index (χ0v) is 15.8. The van der Waals surface area contributed by atoms with Gasteiger partial charge >= 0.3 is 5.97 Å². The smallest absolute Gasteiger partial charge is 0.313 e. The van der Waals surface area contributed by atoms with Crippen molar-refractivity contribution in [1.29, 1.82) is 0 Å². The molecule has 122 valence electrons. The largest absolute Gasteiger partial charge is 1.00 e. The molecule has 1 aromatic rings. The lowest BCUT2D eigenvalue weighted by atomic mass is 9.97. The van der Waals surface area contributed by atoms with Crippen molar-refractivity contribution in [2.75, 3.05) is 14.1 Å². The van der Waals surface area contributed by atoms with E-state index >= 15 is 0 Å². The molecule has 2 aliphatic heterocycles. The first-order valence-electron chi connectivity index (χ1n) is 8.07. The van der Waals surface area contributed by atoms with Gasteiger partial charge in [-0.05, 0) is 12.5 Å². The molecule has 0 amide bonds. The minimum atomic E-state index is -0.173. The van der Waals surface area contributed by atoms with Crippen LogP contribution in [-0.2, 0) is 9.53 Å². The summed E-state index contributed by atoms with van der Waals surface area (Å²) in [5, 5.41) is 0. The van der Waals surface area contributed by atoms with E-state index in [2.05, 4.69) is 14.1 Å². The molecule has 2 bridgehead atoms. The van der Waals surface area contributed by atoms with E-state index in [-0.39, 0.29) is 42.0 Å². The zero-order valence-electron chi connectivity index (χ0n) is 13.7. The van der Waals surface area contributed by atoms with Gasteiger partial charge in [0.15, 0.2) is 0 Å². The van der Waals surface area contributed by atoms with E-state index in [9.17, 15) is 4.79 Å². The molecule has 0 saturated carbocycles. The molecule has 4 heteroatoms. The third kappa shape index (κ3) is 3.32. The lowest BCUT2D eigenvalue weighted by molar-refractivity contribution is -0.931. The highest BCUT2D eigenvalue weighted by Crippen LogP contribution is 2.40. The maximum Gasteiger partial charge on any atom is 0.313 e. The van der Waals surface area contributed by atoms with E-state index in [0.717, 1.165) is 22.9 Å². The Morgan fingerprint density at radius 3 is 2.23 bits per heavy atom. The number of nitrogens with zero attached hydrogens (tertiary/aromatic N) is 1. The standard InChI is InChI=1S/C18H26NO2.HI/c1-13(14-7-5-4-6-8-14)18(20)21-17-11-15-9-10-16(12-17)19(15,2)3;/h4-8,13,15-17H,9-12H2,1-3H3;1H/q+1;/p-1/t13?,15-,16+,17?;. The Labute approximate surface area is 150 Å². The van der Waals surface area contributed by atoms with E-state index in [1.165, 1.54) is 12.8 Å². The molecule has 4 atom stereocenters. The van der Waals surface area contributed by atoms with Crippen molar-refractivity contribution >= 4 is 5.97 Å². The molecule has 3 nitrogen and oxygen atoms in total. The molecular weight excluding hydrogens is 389 g/mol. The van der Waals surface area contributed by atoms with Gasteiger partial charge in [0.2, 0.25) is 0 Å². The normalized spacial score (nSPS) is 30.2. The summed E-state index contributed by atoms with van der Waals surface area (Å²) in [5.74, 6) is -0.244. The van der Waals surface area contributed by atoms with Crippen LogP contribution in [0, 0.1) is 0 Å². The van der Waals surface area contributed by atoms with Crippen LogP contribution in [-0.4, -0.2) is 42.7 Å². The van der Waals surface area contributed by atoms with Crippen molar-refractivity contribution in [1.82, 2.24) is 0 Å². The van der Waals surface area contributed by atoms with Crippen LogP contribution in [0.4, 0.5) is 0 Å². The van der Waals surface area contributed by atoms with Crippen molar-refractivity contribution in [2.24, 2.45) is 0 Å². The first-order valence-corrected chi connectivity index (χ1v) is 8.07. The van der Waals surface area contributed by atoms with Gasteiger partial charge in [-0.25, -0.2) is 0 Å². The molecule has 3 rings (SSSR count). The third-order valence-corrected chi connectivity index (χ3v) is 5.72. The molecule has 2 heterocycles. The number of rotatable bonds is 3. The highest BCUT2D eigenvalue weighted by molar-refractivity contribution is 5.77. The van der Waals surface area contributed by atoms with Crippen LogP contribution in [0.1, 0.15) is 44.1 Å². The minimum absolute atomic E-state index is 0. The maximum absolute atomic E-state index is 12.4. The highest BCUT2D eigenvalue weighted by atomic mass is 127. The van der Waals surface area contributed by atoms with Crippen LogP contribution >= 0.6 is 0 Å². The van der Waals surface area contributed by atoms with Gasteiger partial charge in [0, 0.05) is 25.7 Å². The molecule has 0 radical (unpaired) electrons. The average molecular weight is 415 g/mol. The Morgan fingerprint density at radius 1 is 1.14 bits per heavy atom. The van der Waals surface area contributed by atoms with Gasteiger partial charge in [-0.3, -0.25) is 4.79 Å². The molecule has 2 saturated heterocycles. The summed E-state index contributed by atoms with van der Waals surface area (Å²) >= 11 is 0. The Hall–Kier alpha value is -0.620. The summed E-state index contributed by atoms with van der Waals surface area (Å²) < 4.78 is 6.95. The zero-order chi connectivity index (χ0) is 15.0. The van der Waals surface area contributed by atoms with Gasteiger partial charge in [-0.1, -0.05) is 30.3 Å². The fourth-order valence-electron chi connectivity index (χ4n) is 4.07. The highest BCUT2D eigenvalue weighted by Gasteiger charge is 2.50. The molecule has 2 fully saturated rings. The van der Waals surface area contributed by atoms with Gasteiger partial charge in [-0.2, -0.15) is 0 Å². The monoisotopic (exact) mass is 415 g/mol. The molecule has 1 aromatic carbocycles. The fraction of sp³-hybridized carbons (Fsp3) is 0.611. The molecule has 22 heavy (non-hydrogen) atoms. The molecule has 0 aromatic heterocycles. The summed E-state index contributed by atoms with van der Waals surface area (Å²) in [7, 11) is 4.65. The second kappa shape index (κ2) is 6.87. The van der Waals surface area contributed by atoms with E-state index < -0.39 is 0 Å². The molecule has 0 spiro atoms. The Bertz CT molecular complexity index is 501. The van der Waals surface area contributed by atoms with E-state index in [0.29, 0.717) is 12.1 Å². The van der Waals surface area contributed by atoms with Crippen LogP contribution in [0.15, 0.2) is 30.3 Å².